The Balaban J connectivity index is 1.31. The van der Waals surface area contributed by atoms with Gasteiger partial charge in [-0.15, -0.1) is 0 Å². The fraction of sp³-hybridized carbons (Fsp3) is 0.214. The van der Waals surface area contributed by atoms with Crippen molar-refractivity contribution in [2.24, 2.45) is 0 Å². The quantitative estimate of drug-likeness (QED) is 0.167. The molecule has 4 nitrogen and oxygen atoms in total. The molecular weight excluding hydrogens is 741 g/mol. The first-order chi connectivity index (χ1) is 29.2. The second-order valence-corrected chi connectivity index (χ2v) is 20.3. The first-order valence-electron chi connectivity index (χ1n) is 21.8. The highest BCUT2D eigenvalue weighted by atomic mass is 16.3. The van der Waals surface area contributed by atoms with E-state index in [2.05, 4.69) is 228 Å². The first-order valence-corrected chi connectivity index (χ1v) is 21.8. The summed E-state index contributed by atoms with van der Waals surface area (Å²) in [5, 5.41) is 3.46. The van der Waals surface area contributed by atoms with Crippen LogP contribution in [-0.4, -0.2) is 11.3 Å². The number of nitrogens with zero attached hydrogens (tertiary/aromatic N) is 3. The Kier molecular flexibility index (Phi) is 8.01. The third-order valence-corrected chi connectivity index (χ3v) is 13.2. The van der Waals surface area contributed by atoms with Crippen LogP contribution in [0.1, 0.15) is 79.0 Å². The van der Waals surface area contributed by atoms with Crippen molar-refractivity contribution in [1.29, 1.82) is 0 Å². The van der Waals surface area contributed by atoms with Gasteiger partial charge in [-0.1, -0.05) is 141 Å². The van der Waals surface area contributed by atoms with Gasteiger partial charge in [0.15, 0.2) is 0 Å². The molecule has 0 radical (unpaired) electrons. The Morgan fingerprint density at radius 2 is 1.02 bits per heavy atom. The van der Waals surface area contributed by atoms with Crippen LogP contribution in [-0.2, 0) is 16.2 Å². The van der Waals surface area contributed by atoms with Gasteiger partial charge in [0.2, 0.25) is 0 Å². The molecule has 2 aromatic heterocycles. The van der Waals surface area contributed by atoms with E-state index in [1.807, 2.05) is 0 Å². The Morgan fingerprint density at radius 1 is 0.443 bits per heavy atom. The molecule has 9 aromatic rings. The van der Waals surface area contributed by atoms with Gasteiger partial charge in [0.25, 0.3) is 6.71 Å². The van der Waals surface area contributed by atoms with Crippen LogP contribution >= 0.6 is 0 Å². The van der Waals surface area contributed by atoms with Crippen LogP contribution in [0.4, 0.5) is 34.1 Å². The second-order valence-electron chi connectivity index (χ2n) is 20.3. The molecule has 300 valence electrons. The number of aromatic nitrogens is 1. The summed E-state index contributed by atoms with van der Waals surface area (Å²) in [6, 6.07) is 56.8. The smallest absolute Gasteiger partial charge is 0.273 e. The van der Waals surface area contributed by atoms with Gasteiger partial charge in [-0.25, -0.2) is 0 Å². The molecule has 0 atom stereocenters. The first kappa shape index (κ1) is 37.5. The van der Waals surface area contributed by atoms with Gasteiger partial charge < -0.3 is 18.8 Å². The maximum Gasteiger partial charge on any atom is 0.273 e. The van der Waals surface area contributed by atoms with Crippen LogP contribution in [0.5, 0.6) is 0 Å². The summed E-state index contributed by atoms with van der Waals surface area (Å²) in [5.74, 6) is 0. The molecule has 2 aliphatic heterocycles. The van der Waals surface area contributed by atoms with Gasteiger partial charge in [-0.05, 0) is 117 Å². The van der Waals surface area contributed by atoms with E-state index in [1.165, 1.54) is 61.3 Å². The highest BCUT2D eigenvalue weighted by molar-refractivity contribution is 7.00. The normalized spacial score (nSPS) is 13.9. The fourth-order valence-electron chi connectivity index (χ4n) is 10.1. The monoisotopic (exact) mass is 793 g/mol. The van der Waals surface area contributed by atoms with Gasteiger partial charge in [0.05, 0.1) is 16.6 Å². The third-order valence-electron chi connectivity index (χ3n) is 13.2. The molecule has 0 fully saturated rings. The van der Waals surface area contributed by atoms with E-state index in [9.17, 15) is 0 Å². The molecule has 61 heavy (non-hydrogen) atoms. The number of hydrogen-bond donors (Lipinski definition) is 0. The number of benzene rings is 7. The van der Waals surface area contributed by atoms with Crippen molar-refractivity contribution in [3.8, 4) is 5.69 Å². The lowest BCUT2D eigenvalue weighted by atomic mass is 9.34. The molecule has 2 aliphatic rings. The van der Waals surface area contributed by atoms with Gasteiger partial charge in [-0.3, -0.25) is 0 Å². The van der Waals surface area contributed by atoms with Gasteiger partial charge >= 0.3 is 0 Å². The lowest BCUT2D eigenvalue weighted by Gasteiger charge is -2.44. The van der Waals surface area contributed by atoms with Gasteiger partial charge in [-0.2, -0.15) is 0 Å². The van der Waals surface area contributed by atoms with E-state index in [0.29, 0.717) is 0 Å². The van der Waals surface area contributed by atoms with Crippen molar-refractivity contribution in [2.45, 2.75) is 78.6 Å². The van der Waals surface area contributed by atoms with Crippen molar-refractivity contribution in [3.63, 3.8) is 0 Å². The van der Waals surface area contributed by atoms with E-state index in [-0.39, 0.29) is 23.0 Å². The summed E-state index contributed by atoms with van der Waals surface area (Å²) in [5.41, 5.74) is 19.1. The predicted octanol–water partition coefficient (Wildman–Crippen LogP) is 13.5. The SMILES string of the molecule is CC(C)(C)c1ccc(N2c3ccc(C(C)(C)C)cc3B3c4c2cccc4N(c2ccc(C(C)(C)C)cc2)c2c3n(-c3ccccc3)c3c2ccc2oc4ccccc4c23)cc1. The van der Waals surface area contributed by atoms with E-state index in [4.69, 9.17) is 4.42 Å². The highest BCUT2D eigenvalue weighted by Gasteiger charge is 2.47. The molecule has 0 unspecified atom stereocenters. The lowest BCUT2D eigenvalue weighted by molar-refractivity contribution is 0.590. The summed E-state index contributed by atoms with van der Waals surface area (Å²) >= 11 is 0. The topological polar surface area (TPSA) is 24.6 Å². The molecule has 0 amide bonds. The minimum absolute atomic E-state index is 0.0252. The van der Waals surface area contributed by atoms with E-state index in [0.717, 1.165) is 44.5 Å². The van der Waals surface area contributed by atoms with Gasteiger partial charge in [0.1, 0.15) is 11.2 Å². The highest BCUT2D eigenvalue weighted by Crippen LogP contribution is 2.49. The molecule has 0 N–H and O–H groups in total. The summed E-state index contributed by atoms with van der Waals surface area (Å²) in [7, 11) is 0. The maximum absolute atomic E-state index is 6.65. The summed E-state index contributed by atoms with van der Waals surface area (Å²) in [6.07, 6.45) is 0. The summed E-state index contributed by atoms with van der Waals surface area (Å²) in [6.45, 7) is 20.6. The zero-order valence-electron chi connectivity index (χ0n) is 36.8. The van der Waals surface area contributed by atoms with Crippen LogP contribution in [0.2, 0.25) is 0 Å². The second kappa shape index (κ2) is 13.0. The van der Waals surface area contributed by atoms with Crippen LogP contribution in [0.25, 0.3) is 38.5 Å². The Hall–Kier alpha value is -6.46. The molecule has 0 saturated carbocycles. The number of furan rings is 1. The third kappa shape index (κ3) is 5.66. The maximum atomic E-state index is 6.65. The predicted molar refractivity (Wildman–Crippen MR) is 261 cm³/mol. The molecule has 0 bridgehead atoms. The van der Waals surface area contributed by atoms with Gasteiger partial charge in [0, 0.05) is 50.5 Å². The number of fused-ring (bicyclic) bond motifs is 10. The molecule has 11 rings (SSSR count). The Labute approximate surface area is 360 Å². The fourth-order valence-corrected chi connectivity index (χ4v) is 10.1. The number of hydrogen-bond acceptors (Lipinski definition) is 3. The van der Waals surface area contributed by atoms with Crippen LogP contribution in [0, 0.1) is 0 Å². The van der Waals surface area contributed by atoms with Crippen LogP contribution in [0.15, 0.2) is 156 Å². The van der Waals surface area contributed by atoms with Crippen LogP contribution < -0.4 is 26.3 Å². The molecule has 0 spiro atoms. The largest absolute Gasteiger partial charge is 0.456 e. The zero-order valence-corrected chi connectivity index (χ0v) is 36.8. The van der Waals surface area contributed by atoms with Crippen molar-refractivity contribution in [2.75, 3.05) is 9.80 Å². The standard InChI is InChI=1S/C56H52BN3O/c1-54(2,3)35-22-27-39(28-23-35)58-44-32-26-37(56(7,8)9)34-43(44)57-50-45(58)19-15-20-46(50)59(40-29-24-36(25-30-40)55(4,5)6)52-42-31-33-48-49(41-18-13-14-21-47(41)61-48)51(42)60(53(52)57)38-16-11-10-12-17-38/h10-34H,1-9H3. The number of rotatable bonds is 3. The lowest BCUT2D eigenvalue weighted by Crippen LogP contribution is -2.63. The Bertz CT molecular complexity index is 3190. The van der Waals surface area contributed by atoms with Crippen molar-refractivity contribution in [1.82, 2.24) is 4.57 Å². The zero-order chi connectivity index (χ0) is 42.2. The average molecular weight is 794 g/mol. The molecule has 0 aliphatic carbocycles. The Morgan fingerprint density at radius 3 is 1.66 bits per heavy atom. The molecule has 7 aromatic carbocycles. The van der Waals surface area contributed by atoms with E-state index >= 15 is 0 Å². The van der Waals surface area contributed by atoms with E-state index < -0.39 is 0 Å². The van der Waals surface area contributed by atoms with E-state index in [1.54, 1.807) is 0 Å². The van der Waals surface area contributed by atoms with Crippen molar-refractivity contribution >= 4 is 90.2 Å². The average Bonchev–Trinajstić information content (AvgIpc) is 3.79. The minimum atomic E-state index is -0.0884. The van der Waals surface area contributed by atoms with Crippen LogP contribution in [0.3, 0.4) is 0 Å². The minimum Gasteiger partial charge on any atom is -0.456 e. The van der Waals surface area contributed by atoms with Crippen molar-refractivity contribution < 1.29 is 4.42 Å². The summed E-state index contributed by atoms with van der Waals surface area (Å²) < 4.78 is 9.23. The molecule has 5 heteroatoms. The number of anilines is 6. The number of para-hydroxylation sites is 2. The molecular formula is C56H52BN3O. The molecule has 4 heterocycles. The van der Waals surface area contributed by atoms with Crippen molar-refractivity contribution in [3.05, 3.63) is 168 Å². The summed E-state index contributed by atoms with van der Waals surface area (Å²) in [4.78, 5) is 5.08. The molecule has 0 saturated heterocycles.